The summed E-state index contributed by atoms with van der Waals surface area (Å²) in [5.74, 6) is -0.449. The summed E-state index contributed by atoms with van der Waals surface area (Å²) in [4.78, 5) is 26.4. The van der Waals surface area contributed by atoms with Gasteiger partial charge in [0.1, 0.15) is 0 Å². The van der Waals surface area contributed by atoms with Gasteiger partial charge in [0.2, 0.25) is 15.9 Å². The lowest BCUT2D eigenvalue weighted by Gasteiger charge is -2.32. The first kappa shape index (κ1) is 24.3. The third-order valence-corrected chi connectivity index (χ3v) is 7.20. The number of hydrogen-bond acceptors (Lipinski definition) is 5. The first-order valence-corrected chi connectivity index (χ1v) is 11.6. The van der Waals surface area contributed by atoms with Gasteiger partial charge in [0.05, 0.1) is 4.90 Å². The van der Waals surface area contributed by atoms with Crippen molar-refractivity contribution in [2.75, 3.05) is 47.3 Å². The van der Waals surface area contributed by atoms with Gasteiger partial charge in [-0.05, 0) is 56.6 Å². The molecule has 2 rings (SSSR count). The normalized spacial score (nSPS) is 16.5. The third-order valence-electron chi connectivity index (χ3n) is 5.29. The Bertz CT molecular complexity index is 842. The van der Waals surface area contributed by atoms with Crippen molar-refractivity contribution in [3.8, 4) is 0 Å². The molecule has 1 heterocycles. The molecule has 1 fully saturated rings. The minimum absolute atomic E-state index is 0.00573. The number of hydrogen-bond donors (Lipinski definition) is 2. The molecule has 0 spiro atoms. The number of benzene rings is 1. The van der Waals surface area contributed by atoms with Crippen molar-refractivity contribution >= 4 is 21.8 Å². The SMILES string of the molecule is CNC(=O)c1ccc(S(=O)(=O)N2CCC(C(=O)NCC(C)(C)CN(C)C)CC2)cc1. The lowest BCUT2D eigenvalue weighted by atomic mass is 9.91. The molecule has 1 aliphatic rings. The Morgan fingerprint density at radius 2 is 1.70 bits per heavy atom. The molecular weight excluding hydrogens is 404 g/mol. The first-order valence-electron chi connectivity index (χ1n) is 10.2. The van der Waals surface area contributed by atoms with Crippen molar-refractivity contribution in [2.45, 2.75) is 31.6 Å². The second-order valence-corrected chi connectivity index (χ2v) is 10.8. The average Bonchev–Trinajstić information content (AvgIpc) is 2.70. The molecule has 1 aliphatic heterocycles. The molecule has 168 valence electrons. The van der Waals surface area contributed by atoms with E-state index in [0.717, 1.165) is 6.54 Å². The Morgan fingerprint density at radius 3 is 2.20 bits per heavy atom. The number of nitrogens with one attached hydrogen (secondary N) is 2. The Balaban J connectivity index is 1.92. The van der Waals surface area contributed by atoms with E-state index in [1.807, 2.05) is 14.1 Å². The molecular formula is C21H34N4O4S. The molecule has 2 amide bonds. The van der Waals surface area contributed by atoms with Gasteiger partial charge in [-0.1, -0.05) is 13.8 Å². The number of amides is 2. The Hall–Kier alpha value is -1.97. The zero-order chi connectivity index (χ0) is 22.5. The van der Waals surface area contributed by atoms with Crippen LogP contribution >= 0.6 is 0 Å². The molecule has 0 saturated carbocycles. The lowest BCUT2D eigenvalue weighted by Crippen LogP contribution is -2.45. The van der Waals surface area contributed by atoms with Crippen molar-refractivity contribution in [3.63, 3.8) is 0 Å². The van der Waals surface area contributed by atoms with Gasteiger partial charge in [-0.25, -0.2) is 8.42 Å². The summed E-state index contributed by atoms with van der Waals surface area (Å²) in [6.45, 7) is 6.27. The molecule has 0 radical (unpaired) electrons. The smallest absolute Gasteiger partial charge is 0.251 e. The van der Waals surface area contributed by atoms with E-state index in [2.05, 4.69) is 29.4 Å². The number of sulfonamides is 1. The Labute approximate surface area is 180 Å². The highest BCUT2D eigenvalue weighted by atomic mass is 32.2. The van der Waals surface area contributed by atoms with Gasteiger partial charge in [-0.2, -0.15) is 4.31 Å². The van der Waals surface area contributed by atoms with Crippen LogP contribution in [0.1, 0.15) is 37.0 Å². The maximum atomic E-state index is 12.9. The highest BCUT2D eigenvalue weighted by Gasteiger charge is 2.32. The standard InChI is InChI=1S/C21H34N4O4S/c1-21(2,15-24(4)5)14-23-20(27)17-10-12-25(13-11-17)30(28,29)18-8-6-16(7-9-18)19(26)22-3/h6-9,17H,10-15H2,1-5H3,(H,22,26)(H,23,27). The highest BCUT2D eigenvalue weighted by molar-refractivity contribution is 7.89. The van der Waals surface area contributed by atoms with Gasteiger partial charge in [0.15, 0.2) is 0 Å². The van der Waals surface area contributed by atoms with Gasteiger partial charge in [-0.15, -0.1) is 0 Å². The average molecular weight is 439 g/mol. The number of carbonyl (C=O) groups excluding carboxylic acids is 2. The molecule has 1 aromatic rings. The molecule has 30 heavy (non-hydrogen) atoms. The summed E-state index contributed by atoms with van der Waals surface area (Å²) in [6, 6.07) is 5.90. The largest absolute Gasteiger partial charge is 0.355 e. The zero-order valence-corrected chi connectivity index (χ0v) is 19.4. The maximum absolute atomic E-state index is 12.9. The van der Waals surface area contributed by atoms with Crippen LogP contribution in [-0.4, -0.2) is 76.8 Å². The summed E-state index contributed by atoms with van der Waals surface area (Å²) in [7, 11) is 1.89. The predicted octanol–water partition coefficient (Wildman–Crippen LogP) is 1.15. The van der Waals surface area contributed by atoms with Gasteiger partial charge < -0.3 is 15.5 Å². The second kappa shape index (κ2) is 9.89. The molecule has 0 atom stereocenters. The predicted molar refractivity (Wildman–Crippen MR) is 117 cm³/mol. The molecule has 9 heteroatoms. The van der Waals surface area contributed by atoms with Gasteiger partial charge in [0.25, 0.3) is 5.91 Å². The number of rotatable bonds is 8. The van der Waals surface area contributed by atoms with E-state index in [9.17, 15) is 18.0 Å². The molecule has 0 aliphatic carbocycles. The van der Waals surface area contributed by atoms with Crippen LogP contribution in [0.3, 0.4) is 0 Å². The van der Waals surface area contributed by atoms with E-state index >= 15 is 0 Å². The van der Waals surface area contributed by atoms with E-state index in [4.69, 9.17) is 0 Å². The Kier molecular flexibility index (Phi) is 8.01. The summed E-state index contributed by atoms with van der Waals surface area (Å²) in [5, 5.41) is 5.54. The number of piperidine rings is 1. The van der Waals surface area contributed by atoms with Gasteiger partial charge in [-0.3, -0.25) is 9.59 Å². The second-order valence-electron chi connectivity index (χ2n) is 8.90. The lowest BCUT2D eigenvalue weighted by molar-refractivity contribution is -0.126. The van der Waals surface area contributed by atoms with E-state index in [1.165, 1.54) is 35.6 Å². The van der Waals surface area contributed by atoms with Gasteiger partial charge in [0, 0.05) is 44.7 Å². The minimum atomic E-state index is -3.64. The fraction of sp³-hybridized carbons (Fsp3) is 0.619. The quantitative estimate of drug-likeness (QED) is 0.634. The van der Waals surface area contributed by atoms with Crippen LogP contribution in [0.2, 0.25) is 0 Å². The van der Waals surface area contributed by atoms with E-state index in [0.29, 0.717) is 38.0 Å². The van der Waals surface area contributed by atoms with Crippen LogP contribution in [0, 0.1) is 11.3 Å². The van der Waals surface area contributed by atoms with E-state index < -0.39 is 10.0 Å². The molecule has 0 bridgehead atoms. The fourth-order valence-electron chi connectivity index (χ4n) is 3.81. The minimum Gasteiger partial charge on any atom is -0.355 e. The van der Waals surface area contributed by atoms with E-state index in [1.54, 1.807) is 0 Å². The van der Waals surface area contributed by atoms with Crippen LogP contribution in [0.4, 0.5) is 0 Å². The highest BCUT2D eigenvalue weighted by Crippen LogP contribution is 2.24. The summed E-state index contributed by atoms with van der Waals surface area (Å²) in [5.41, 5.74) is 0.369. The zero-order valence-electron chi connectivity index (χ0n) is 18.6. The maximum Gasteiger partial charge on any atom is 0.251 e. The molecule has 0 aromatic heterocycles. The summed E-state index contributed by atoms with van der Waals surface area (Å²) < 4.78 is 27.2. The molecule has 2 N–H and O–H groups in total. The summed E-state index contributed by atoms with van der Waals surface area (Å²) in [6.07, 6.45) is 0.991. The number of carbonyl (C=O) groups is 2. The van der Waals surface area contributed by atoms with Crippen molar-refractivity contribution in [1.29, 1.82) is 0 Å². The third kappa shape index (κ3) is 6.26. The molecule has 8 nitrogen and oxygen atoms in total. The van der Waals surface area contributed by atoms with Crippen molar-refractivity contribution in [3.05, 3.63) is 29.8 Å². The van der Waals surface area contributed by atoms with Crippen molar-refractivity contribution in [1.82, 2.24) is 19.8 Å². The van der Waals surface area contributed by atoms with Crippen LogP contribution in [0.5, 0.6) is 0 Å². The fourth-order valence-corrected chi connectivity index (χ4v) is 5.28. The number of nitrogens with zero attached hydrogens (tertiary/aromatic N) is 2. The Morgan fingerprint density at radius 1 is 1.13 bits per heavy atom. The van der Waals surface area contributed by atoms with Crippen LogP contribution in [-0.2, 0) is 14.8 Å². The van der Waals surface area contributed by atoms with Gasteiger partial charge >= 0.3 is 0 Å². The van der Waals surface area contributed by atoms with Crippen LogP contribution in [0.25, 0.3) is 0 Å². The monoisotopic (exact) mass is 438 g/mol. The van der Waals surface area contributed by atoms with Crippen LogP contribution in [0.15, 0.2) is 29.2 Å². The van der Waals surface area contributed by atoms with E-state index in [-0.39, 0.29) is 28.0 Å². The molecule has 1 aromatic carbocycles. The first-order chi connectivity index (χ1) is 14.0. The topological polar surface area (TPSA) is 98.8 Å². The summed E-state index contributed by atoms with van der Waals surface area (Å²) >= 11 is 0. The van der Waals surface area contributed by atoms with Crippen molar-refractivity contribution in [2.24, 2.45) is 11.3 Å². The van der Waals surface area contributed by atoms with Crippen LogP contribution < -0.4 is 10.6 Å². The van der Waals surface area contributed by atoms with Crippen molar-refractivity contribution < 1.29 is 18.0 Å². The molecule has 0 unspecified atom stereocenters. The molecule has 1 saturated heterocycles.